The number of nitrogens with one attached hydrogen (secondary N) is 1. The highest BCUT2D eigenvalue weighted by Crippen LogP contribution is 2.11. The van der Waals surface area contributed by atoms with Gasteiger partial charge in [0.1, 0.15) is 5.69 Å². The molecule has 66 valence electrons. The zero-order chi connectivity index (χ0) is 9.26. The van der Waals surface area contributed by atoms with Gasteiger partial charge in [0.05, 0.1) is 24.4 Å². The van der Waals surface area contributed by atoms with Gasteiger partial charge in [0, 0.05) is 13.2 Å². The Balaban J connectivity index is 2.53. The monoisotopic (exact) mass is 176 g/mol. The first-order chi connectivity index (χ1) is 6.27. The molecule has 2 rings (SSSR count). The Morgan fingerprint density at radius 1 is 1.46 bits per heavy atom. The molecule has 0 aromatic carbocycles. The zero-order valence-electron chi connectivity index (χ0n) is 7.06. The molecule has 13 heavy (non-hydrogen) atoms. The Labute approximate surface area is 74.1 Å². The Kier molecular flexibility index (Phi) is 1.70. The van der Waals surface area contributed by atoms with Gasteiger partial charge in [0.15, 0.2) is 0 Å². The molecule has 0 spiro atoms. The van der Waals surface area contributed by atoms with E-state index >= 15 is 0 Å². The van der Waals surface area contributed by atoms with Crippen LogP contribution in [0.4, 0.5) is 0 Å². The predicted molar refractivity (Wildman–Crippen MR) is 47.1 cm³/mol. The van der Waals surface area contributed by atoms with Crippen molar-refractivity contribution in [3.63, 3.8) is 0 Å². The molecule has 0 saturated heterocycles. The van der Waals surface area contributed by atoms with Crippen molar-refractivity contribution < 1.29 is 0 Å². The van der Waals surface area contributed by atoms with Crippen LogP contribution in [0.15, 0.2) is 29.7 Å². The number of hydrogen-bond acceptors (Lipinski definition) is 3. The summed E-state index contributed by atoms with van der Waals surface area (Å²) in [4.78, 5) is 21.2. The molecule has 2 heterocycles. The van der Waals surface area contributed by atoms with Crippen molar-refractivity contribution in [1.29, 1.82) is 0 Å². The van der Waals surface area contributed by atoms with Gasteiger partial charge < -0.3 is 9.55 Å². The van der Waals surface area contributed by atoms with E-state index in [1.165, 1.54) is 6.20 Å². The van der Waals surface area contributed by atoms with Crippen LogP contribution in [-0.4, -0.2) is 19.5 Å². The van der Waals surface area contributed by atoms with Crippen molar-refractivity contribution in [2.24, 2.45) is 7.05 Å². The molecule has 2 aromatic heterocycles. The normalized spacial score (nSPS) is 10.2. The molecule has 5 nitrogen and oxygen atoms in total. The van der Waals surface area contributed by atoms with Gasteiger partial charge in [-0.05, 0) is 0 Å². The summed E-state index contributed by atoms with van der Waals surface area (Å²) in [5, 5.41) is 0. The van der Waals surface area contributed by atoms with E-state index in [0.29, 0.717) is 5.69 Å². The summed E-state index contributed by atoms with van der Waals surface area (Å²) in [6.07, 6.45) is 6.20. The fourth-order valence-corrected chi connectivity index (χ4v) is 1.09. The number of imidazole rings is 1. The van der Waals surface area contributed by atoms with Gasteiger partial charge in [-0.1, -0.05) is 0 Å². The van der Waals surface area contributed by atoms with Crippen LogP contribution in [0.2, 0.25) is 0 Å². The molecule has 5 heteroatoms. The van der Waals surface area contributed by atoms with Crippen molar-refractivity contribution in [1.82, 2.24) is 19.5 Å². The van der Waals surface area contributed by atoms with Gasteiger partial charge in [-0.25, -0.2) is 9.97 Å². The summed E-state index contributed by atoms with van der Waals surface area (Å²) < 4.78 is 1.83. The summed E-state index contributed by atoms with van der Waals surface area (Å²) in [5.74, 6) is 0. The number of aromatic nitrogens is 4. The second-order valence-electron chi connectivity index (χ2n) is 2.69. The summed E-state index contributed by atoms with van der Waals surface area (Å²) >= 11 is 0. The minimum absolute atomic E-state index is 0.203. The van der Waals surface area contributed by atoms with Gasteiger partial charge >= 0.3 is 0 Å². The summed E-state index contributed by atoms with van der Waals surface area (Å²) in [6.45, 7) is 0. The van der Waals surface area contributed by atoms with Gasteiger partial charge in [0.25, 0.3) is 5.56 Å². The van der Waals surface area contributed by atoms with Gasteiger partial charge in [-0.2, -0.15) is 0 Å². The second-order valence-corrected chi connectivity index (χ2v) is 2.69. The van der Waals surface area contributed by atoms with E-state index in [1.54, 1.807) is 18.7 Å². The SMILES string of the molecule is Cn1cncc1-c1c[nH]c(=O)cn1. The van der Waals surface area contributed by atoms with Gasteiger partial charge in [-0.15, -0.1) is 0 Å². The first-order valence-corrected chi connectivity index (χ1v) is 3.79. The minimum atomic E-state index is -0.203. The fraction of sp³-hybridized carbons (Fsp3) is 0.125. The molecular weight excluding hydrogens is 168 g/mol. The molecule has 0 aliphatic heterocycles. The maximum absolute atomic E-state index is 10.7. The topological polar surface area (TPSA) is 63.6 Å². The van der Waals surface area contributed by atoms with Gasteiger partial charge in [0.2, 0.25) is 0 Å². The van der Waals surface area contributed by atoms with Crippen LogP contribution in [0.25, 0.3) is 11.4 Å². The molecule has 0 bridgehead atoms. The van der Waals surface area contributed by atoms with Crippen LogP contribution >= 0.6 is 0 Å². The van der Waals surface area contributed by atoms with Crippen molar-refractivity contribution >= 4 is 0 Å². The van der Waals surface area contributed by atoms with Crippen molar-refractivity contribution in [3.05, 3.63) is 35.3 Å². The van der Waals surface area contributed by atoms with E-state index in [1.807, 2.05) is 11.6 Å². The van der Waals surface area contributed by atoms with Gasteiger partial charge in [-0.3, -0.25) is 4.79 Å². The first kappa shape index (κ1) is 7.72. The second kappa shape index (κ2) is 2.85. The smallest absolute Gasteiger partial charge is 0.266 e. The molecule has 0 fully saturated rings. The van der Waals surface area contributed by atoms with E-state index in [-0.39, 0.29) is 5.56 Å². The average molecular weight is 176 g/mol. The number of nitrogens with zero attached hydrogens (tertiary/aromatic N) is 3. The first-order valence-electron chi connectivity index (χ1n) is 3.79. The van der Waals surface area contributed by atoms with Crippen LogP contribution in [0, 0.1) is 0 Å². The van der Waals surface area contributed by atoms with E-state index in [0.717, 1.165) is 5.69 Å². The van der Waals surface area contributed by atoms with E-state index < -0.39 is 0 Å². The van der Waals surface area contributed by atoms with Crippen LogP contribution in [0.3, 0.4) is 0 Å². The summed E-state index contributed by atoms with van der Waals surface area (Å²) in [7, 11) is 1.87. The third-order valence-corrected chi connectivity index (χ3v) is 1.75. The van der Waals surface area contributed by atoms with Crippen LogP contribution in [0.1, 0.15) is 0 Å². The number of H-pyrrole nitrogens is 1. The third kappa shape index (κ3) is 1.35. The maximum Gasteiger partial charge on any atom is 0.266 e. The molecule has 1 N–H and O–H groups in total. The molecule has 0 aliphatic carbocycles. The predicted octanol–water partition coefficient (Wildman–Crippen LogP) is 0.170. The average Bonchev–Trinajstić information content (AvgIpc) is 2.53. The molecule has 0 unspecified atom stereocenters. The molecule has 0 saturated carbocycles. The largest absolute Gasteiger partial charge is 0.332 e. The lowest BCUT2D eigenvalue weighted by Crippen LogP contribution is -2.05. The van der Waals surface area contributed by atoms with Crippen LogP contribution in [-0.2, 0) is 7.05 Å². The quantitative estimate of drug-likeness (QED) is 0.673. The van der Waals surface area contributed by atoms with Crippen molar-refractivity contribution in [2.75, 3.05) is 0 Å². The number of rotatable bonds is 1. The molecule has 0 radical (unpaired) electrons. The Bertz CT molecular complexity index is 450. The zero-order valence-corrected chi connectivity index (χ0v) is 7.06. The van der Waals surface area contributed by atoms with E-state index in [4.69, 9.17) is 0 Å². The van der Waals surface area contributed by atoms with Crippen LogP contribution < -0.4 is 5.56 Å². The lowest BCUT2D eigenvalue weighted by molar-refractivity contribution is 0.913. The molecule has 0 aliphatic rings. The summed E-state index contributed by atoms with van der Waals surface area (Å²) in [5.41, 5.74) is 1.38. The Hall–Kier alpha value is -1.91. The van der Waals surface area contributed by atoms with E-state index in [2.05, 4.69) is 15.0 Å². The van der Waals surface area contributed by atoms with E-state index in [9.17, 15) is 4.79 Å². The molecular formula is C8H8N4O. The number of aryl methyl sites for hydroxylation is 1. The molecule has 0 amide bonds. The Morgan fingerprint density at radius 3 is 2.85 bits per heavy atom. The highest BCUT2D eigenvalue weighted by molar-refractivity contribution is 5.51. The molecule has 0 atom stereocenters. The maximum atomic E-state index is 10.7. The standard InChI is InChI=1S/C8H8N4O/c1-12-5-9-3-7(12)6-2-11-8(13)4-10-6/h2-5H,1H3,(H,11,13). The van der Waals surface area contributed by atoms with Crippen molar-refractivity contribution in [2.45, 2.75) is 0 Å². The highest BCUT2D eigenvalue weighted by Gasteiger charge is 2.02. The lowest BCUT2D eigenvalue weighted by atomic mass is 10.3. The van der Waals surface area contributed by atoms with Crippen molar-refractivity contribution in [3.8, 4) is 11.4 Å². The third-order valence-electron chi connectivity index (χ3n) is 1.75. The Morgan fingerprint density at radius 2 is 2.31 bits per heavy atom. The summed E-state index contributed by atoms with van der Waals surface area (Å²) in [6, 6.07) is 0. The lowest BCUT2D eigenvalue weighted by Gasteiger charge is -1.98. The molecule has 2 aromatic rings. The fourth-order valence-electron chi connectivity index (χ4n) is 1.09. The minimum Gasteiger partial charge on any atom is -0.332 e. The van der Waals surface area contributed by atoms with Crippen LogP contribution in [0.5, 0.6) is 0 Å². The number of hydrogen-bond donors (Lipinski definition) is 1. The highest BCUT2D eigenvalue weighted by atomic mass is 16.1. The number of aromatic amines is 1.